The summed E-state index contributed by atoms with van der Waals surface area (Å²) >= 11 is 0. The standard InChI is InChI=1S/C25H34N4O3/c1-18-8-10-21(22(14-18)31-3)32-24-15-23(26-17-27-24)28-12-13-29(19(2)16-28)25(30)11-9-20-6-4-5-7-20/h8,10,14-15,17,19-20H,4-7,9,11-13,16H2,1-3H3/t19-/m1/s1. The molecule has 0 spiro atoms. The third-order valence-corrected chi connectivity index (χ3v) is 6.67. The van der Waals surface area contributed by atoms with E-state index in [0.717, 1.165) is 43.4 Å². The molecule has 0 bridgehead atoms. The summed E-state index contributed by atoms with van der Waals surface area (Å²) in [7, 11) is 1.63. The third-order valence-electron chi connectivity index (χ3n) is 6.67. The molecule has 0 radical (unpaired) electrons. The minimum atomic E-state index is 0.149. The fourth-order valence-corrected chi connectivity index (χ4v) is 4.84. The van der Waals surface area contributed by atoms with Crippen LogP contribution in [0, 0.1) is 12.8 Å². The van der Waals surface area contributed by atoms with E-state index in [1.807, 2.05) is 36.1 Å². The minimum absolute atomic E-state index is 0.149. The van der Waals surface area contributed by atoms with Gasteiger partial charge in [-0.2, -0.15) is 0 Å². The van der Waals surface area contributed by atoms with Crippen LogP contribution in [0.4, 0.5) is 5.82 Å². The van der Waals surface area contributed by atoms with Crippen LogP contribution in [0.15, 0.2) is 30.6 Å². The Hall–Kier alpha value is -2.83. The summed E-state index contributed by atoms with van der Waals surface area (Å²) in [4.78, 5) is 25.8. The predicted molar refractivity (Wildman–Crippen MR) is 124 cm³/mol. The number of carbonyl (C=O) groups is 1. The zero-order valence-electron chi connectivity index (χ0n) is 19.4. The molecule has 2 aliphatic rings. The summed E-state index contributed by atoms with van der Waals surface area (Å²) in [5, 5.41) is 0. The number of piperazine rings is 1. The second kappa shape index (κ2) is 10.2. The molecule has 1 saturated heterocycles. The van der Waals surface area contributed by atoms with Gasteiger partial charge < -0.3 is 19.3 Å². The van der Waals surface area contributed by atoms with E-state index >= 15 is 0 Å². The number of aryl methyl sites for hydroxylation is 1. The lowest BCUT2D eigenvalue weighted by Crippen LogP contribution is -2.54. The summed E-state index contributed by atoms with van der Waals surface area (Å²) in [5.41, 5.74) is 1.10. The van der Waals surface area contributed by atoms with E-state index in [0.29, 0.717) is 29.7 Å². The van der Waals surface area contributed by atoms with E-state index in [1.165, 1.54) is 32.0 Å². The lowest BCUT2D eigenvalue weighted by Gasteiger charge is -2.40. The summed E-state index contributed by atoms with van der Waals surface area (Å²) in [6, 6.07) is 7.79. The Morgan fingerprint density at radius 2 is 1.94 bits per heavy atom. The maximum atomic E-state index is 12.8. The quantitative estimate of drug-likeness (QED) is 0.630. The number of amides is 1. The van der Waals surface area contributed by atoms with Crippen molar-refractivity contribution in [2.75, 3.05) is 31.6 Å². The molecule has 1 amide bonds. The highest BCUT2D eigenvalue weighted by molar-refractivity contribution is 5.77. The number of rotatable bonds is 7. The molecule has 1 saturated carbocycles. The highest BCUT2D eigenvalue weighted by Gasteiger charge is 2.29. The molecule has 1 aromatic carbocycles. The van der Waals surface area contributed by atoms with Gasteiger partial charge in [-0.05, 0) is 43.9 Å². The van der Waals surface area contributed by atoms with Crippen LogP contribution in [0.1, 0.15) is 51.0 Å². The van der Waals surface area contributed by atoms with E-state index in [9.17, 15) is 4.79 Å². The zero-order valence-corrected chi connectivity index (χ0v) is 19.4. The van der Waals surface area contributed by atoms with Crippen molar-refractivity contribution in [1.29, 1.82) is 0 Å². The Morgan fingerprint density at radius 1 is 1.12 bits per heavy atom. The molecule has 172 valence electrons. The van der Waals surface area contributed by atoms with Gasteiger partial charge in [0.15, 0.2) is 11.5 Å². The van der Waals surface area contributed by atoms with Gasteiger partial charge in [0.25, 0.3) is 0 Å². The average molecular weight is 439 g/mol. The number of nitrogens with zero attached hydrogens (tertiary/aromatic N) is 4. The molecule has 0 unspecified atom stereocenters. The summed E-state index contributed by atoms with van der Waals surface area (Å²) in [6.07, 6.45) is 8.49. The van der Waals surface area contributed by atoms with Gasteiger partial charge in [0.05, 0.1) is 7.11 Å². The first-order chi connectivity index (χ1) is 15.5. The smallest absolute Gasteiger partial charge is 0.224 e. The van der Waals surface area contributed by atoms with Crippen molar-refractivity contribution >= 4 is 11.7 Å². The van der Waals surface area contributed by atoms with Crippen LogP contribution in [0.2, 0.25) is 0 Å². The number of hydrogen-bond donors (Lipinski definition) is 0. The van der Waals surface area contributed by atoms with Crippen LogP contribution in [0.5, 0.6) is 17.4 Å². The van der Waals surface area contributed by atoms with Gasteiger partial charge in [-0.1, -0.05) is 31.7 Å². The largest absolute Gasteiger partial charge is 0.493 e. The Labute approximate surface area is 190 Å². The average Bonchev–Trinajstić information content (AvgIpc) is 3.32. The number of hydrogen-bond acceptors (Lipinski definition) is 6. The summed E-state index contributed by atoms with van der Waals surface area (Å²) in [5.74, 6) is 3.62. The number of methoxy groups -OCH3 is 1. The van der Waals surface area contributed by atoms with Gasteiger partial charge >= 0.3 is 0 Å². The van der Waals surface area contributed by atoms with Crippen molar-refractivity contribution < 1.29 is 14.3 Å². The monoisotopic (exact) mass is 438 g/mol. The second-order valence-corrected chi connectivity index (χ2v) is 9.04. The first-order valence-electron chi connectivity index (χ1n) is 11.7. The number of carbonyl (C=O) groups excluding carboxylic acids is 1. The van der Waals surface area contributed by atoms with Crippen LogP contribution < -0.4 is 14.4 Å². The molecule has 1 aromatic heterocycles. The molecule has 1 aliphatic heterocycles. The molecular formula is C25H34N4O3. The van der Waals surface area contributed by atoms with Crippen LogP contribution >= 0.6 is 0 Å². The maximum absolute atomic E-state index is 12.8. The van der Waals surface area contributed by atoms with E-state index < -0.39 is 0 Å². The van der Waals surface area contributed by atoms with Crippen LogP contribution in [-0.4, -0.2) is 53.6 Å². The summed E-state index contributed by atoms with van der Waals surface area (Å²) < 4.78 is 11.4. The highest BCUT2D eigenvalue weighted by Crippen LogP contribution is 2.32. The van der Waals surface area contributed by atoms with E-state index in [-0.39, 0.29) is 6.04 Å². The topological polar surface area (TPSA) is 67.8 Å². The van der Waals surface area contributed by atoms with Gasteiger partial charge in [0.2, 0.25) is 11.8 Å². The molecule has 0 N–H and O–H groups in total. The fraction of sp³-hybridized carbons (Fsp3) is 0.560. The second-order valence-electron chi connectivity index (χ2n) is 9.04. The minimum Gasteiger partial charge on any atom is -0.493 e. The van der Waals surface area contributed by atoms with E-state index in [4.69, 9.17) is 9.47 Å². The Kier molecular flexibility index (Phi) is 7.12. The van der Waals surface area contributed by atoms with Crippen molar-refractivity contribution in [2.45, 2.75) is 58.4 Å². The SMILES string of the molecule is COc1cc(C)ccc1Oc1cc(N2CCN(C(=O)CCC3CCCC3)[C@H](C)C2)ncn1. The normalized spacial score (nSPS) is 19.3. The maximum Gasteiger partial charge on any atom is 0.224 e. The molecule has 7 nitrogen and oxygen atoms in total. The number of anilines is 1. The first kappa shape index (κ1) is 22.4. The molecule has 2 aromatic rings. The van der Waals surface area contributed by atoms with Gasteiger partial charge in [-0.15, -0.1) is 0 Å². The van der Waals surface area contributed by atoms with Gasteiger partial charge in [-0.3, -0.25) is 4.79 Å². The zero-order chi connectivity index (χ0) is 22.5. The predicted octanol–water partition coefficient (Wildman–Crippen LogP) is 4.59. The lowest BCUT2D eigenvalue weighted by atomic mass is 10.0. The number of benzene rings is 1. The fourth-order valence-electron chi connectivity index (χ4n) is 4.84. The number of aromatic nitrogens is 2. The van der Waals surface area contributed by atoms with Gasteiger partial charge in [-0.25, -0.2) is 9.97 Å². The molecule has 7 heteroatoms. The molecule has 1 aliphatic carbocycles. The van der Waals surface area contributed by atoms with E-state index in [2.05, 4.69) is 21.8 Å². The van der Waals surface area contributed by atoms with Crippen molar-refractivity contribution in [3.8, 4) is 17.4 Å². The molecule has 1 atom stereocenters. The third kappa shape index (κ3) is 5.31. The Morgan fingerprint density at radius 3 is 2.69 bits per heavy atom. The molecule has 4 rings (SSSR count). The van der Waals surface area contributed by atoms with Crippen molar-refractivity contribution in [2.24, 2.45) is 5.92 Å². The van der Waals surface area contributed by atoms with Crippen molar-refractivity contribution in [3.05, 3.63) is 36.2 Å². The lowest BCUT2D eigenvalue weighted by molar-refractivity contribution is -0.133. The Bertz CT molecular complexity index is 929. The van der Waals surface area contributed by atoms with Crippen LogP contribution in [-0.2, 0) is 4.79 Å². The van der Waals surface area contributed by atoms with Crippen LogP contribution in [0.3, 0.4) is 0 Å². The van der Waals surface area contributed by atoms with Gasteiger partial charge in [0, 0.05) is 38.2 Å². The highest BCUT2D eigenvalue weighted by atomic mass is 16.5. The molecule has 32 heavy (non-hydrogen) atoms. The van der Waals surface area contributed by atoms with Crippen molar-refractivity contribution in [3.63, 3.8) is 0 Å². The summed E-state index contributed by atoms with van der Waals surface area (Å²) in [6.45, 7) is 6.35. The molecule has 2 fully saturated rings. The van der Waals surface area contributed by atoms with Crippen LogP contribution in [0.25, 0.3) is 0 Å². The molecular weight excluding hydrogens is 404 g/mol. The van der Waals surface area contributed by atoms with E-state index in [1.54, 1.807) is 7.11 Å². The molecule has 2 heterocycles. The number of ether oxygens (including phenoxy) is 2. The first-order valence-corrected chi connectivity index (χ1v) is 11.7. The Balaban J connectivity index is 1.36. The van der Waals surface area contributed by atoms with Crippen molar-refractivity contribution in [1.82, 2.24) is 14.9 Å². The van der Waals surface area contributed by atoms with Gasteiger partial charge in [0.1, 0.15) is 12.1 Å².